The number of halogens is 2. The van der Waals surface area contributed by atoms with Crippen LogP contribution in [0.2, 0.25) is 0 Å². The number of benzene rings is 1. The summed E-state index contributed by atoms with van der Waals surface area (Å²) in [5.41, 5.74) is 0.647. The molecule has 86 valence electrons. The maximum Gasteiger partial charge on any atom is 0.135 e. The van der Waals surface area contributed by atoms with Crippen molar-refractivity contribution in [3.05, 3.63) is 23.8 Å². The predicted octanol–water partition coefficient (Wildman–Crippen LogP) is 2.63. The van der Waals surface area contributed by atoms with E-state index in [1.807, 2.05) is 0 Å². The van der Waals surface area contributed by atoms with E-state index in [2.05, 4.69) is 11.8 Å². The van der Waals surface area contributed by atoms with Crippen LogP contribution in [0.3, 0.4) is 0 Å². The van der Waals surface area contributed by atoms with Crippen molar-refractivity contribution in [3.8, 4) is 23.3 Å². The van der Waals surface area contributed by atoms with Gasteiger partial charge < -0.3 is 9.47 Å². The van der Waals surface area contributed by atoms with Crippen LogP contribution < -0.4 is 9.47 Å². The van der Waals surface area contributed by atoms with Gasteiger partial charge in [0, 0.05) is 0 Å². The summed E-state index contributed by atoms with van der Waals surface area (Å²) in [6, 6.07) is 5.17. The molecule has 16 heavy (non-hydrogen) atoms. The van der Waals surface area contributed by atoms with Gasteiger partial charge in [0.15, 0.2) is 0 Å². The number of rotatable bonds is 4. The van der Waals surface area contributed by atoms with Crippen LogP contribution in [-0.4, -0.2) is 26.3 Å². The minimum absolute atomic E-state index is 0.0158. The first kappa shape index (κ1) is 12.7. The molecule has 0 saturated heterocycles. The molecule has 0 aliphatic heterocycles. The minimum Gasteiger partial charge on any atom is -0.497 e. The molecule has 0 fully saturated rings. The monoisotopic (exact) mass is 242 g/mol. The molecular formula is C12H12ClFO2. The Balaban J connectivity index is 2.96. The highest BCUT2D eigenvalue weighted by Gasteiger charge is 2.03. The van der Waals surface area contributed by atoms with Crippen LogP contribution in [-0.2, 0) is 0 Å². The zero-order valence-corrected chi connectivity index (χ0v) is 9.68. The lowest BCUT2D eigenvalue weighted by Crippen LogP contribution is -2.00. The molecule has 0 N–H and O–H groups in total. The summed E-state index contributed by atoms with van der Waals surface area (Å²) >= 11 is 5.48. The Morgan fingerprint density at radius 2 is 2.25 bits per heavy atom. The van der Waals surface area contributed by atoms with E-state index in [0.717, 1.165) is 0 Å². The molecule has 2 nitrogen and oxygen atoms in total. The van der Waals surface area contributed by atoms with Crippen LogP contribution in [0.4, 0.5) is 4.39 Å². The molecule has 0 spiro atoms. The van der Waals surface area contributed by atoms with Crippen LogP contribution in [0.15, 0.2) is 18.2 Å². The Hall–Kier alpha value is -1.40. The van der Waals surface area contributed by atoms with Gasteiger partial charge in [0.05, 0.1) is 18.6 Å². The van der Waals surface area contributed by atoms with Crippen molar-refractivity contribution >= 4 is 11.6 Å². The average Bonchev–Trinajstić information content (AvgIpc) is 2.34. The van der Waals surface area contributed by atoms with Crippen LogP contribution in [0.1, 0.15) is 5.56 Å². The van der Waals surface area contributed by atoms with Crippen molar-refractivity contribution in [2.75, 3.05) is 26.3 Å². The largest absolute Gasteiger partial charge is 0.497 e. The molecule has 0 radical (unpaired) electrons. The van der Waals surface area contributed by atoms with E-state index in [1.165, 1.54) is 0 Å². The molecule has 0 heterocycles. The molecule has 0 aromatic heterocycles. The molecule has 0 aliphatic carbocycles. The summed E-state index contributed by atoms with van der Waals surface area (Å²) in [6.45, 7) is -0.518. The van der Waals surface area contributed by atoms with E-state index in [4.69, 9.17) is 21.1 Å². The van der Waals surface area contributed by atoms with E-state index < -0.39 is 6.67 Å². The van der Waals surface area contributed by atoms with Crippen molar-refractivity contribution in [2.45, 2.75) is 0 Å². The Morgan fingerprint density at radius 3 is 2.88 bits per heavy atom. The number of methoxy groups -OCH3 is 1. The van der Waals surface area contributed by atoms with Crippen LogP contribution in [0.25, 0.3) is 0 Å². The van der Waals surface area contributed by atoms with Gasteiger partial charge in [-0.15, -0.1) is 11.6 Å². The van der Waals surface area contributed by atoms with Gasteiger partial charge in [0.1, 0.15) is 24.8 Å². The van der Waals surface area contributed by atoms with Gasteiger partial charge in [-0.2, -0.15) is 0 Å². The second-order valence-electron chi connectivity index (χ2n) is 2.83. The zero-order chi connectivity index (χ0) is 11.8. The van der Waals surface area contributed by atoms with Crippen LogP contribution in [0, 0.1) is 11.8 Å². The van der Waals surface area contributed by atoms with Crippen LogP contribution in [0.5, 0.6) is 11.5 Å². The highest BCUT2D eigenvalue weighted by Crippen LogP contribution is 2.23. The molecule has 1 aromatic carbocycles. The molecule has 0 atom stereocenters. The fourth-order valence-corrected chi connectivity index (χ4v) is 1.20. The lowest BCUT2D eigenvalue weighted by molar-refractivity contribution is 0.272. The van der Waals surface area contributed by atoms with Gasteiger partial charge in [-0.1, -0.05) is 11.8 Å². The quantitative estimate of drug-likeness (QED) is 0.597. The lowest BCUT2D eigenvalue weighted by atomic mass is 10.2. The molecule has 1 rings (SSSR count). The summed E-state index contributed by atoms with van der Waals surface area (Å²) in [5.74, 6) is 7.00. The second-order valence-corrected chi connectivity index (χ2v) is 3.10. The minimum atomic E-state index is -0.533. The van der Waals surface area contributed by atoms with Gasteiger partial charge >= 0.3 is 0 Å². The Kier molecular flexibility index (Phi) is 5.52. The Morgan fingerprint density at radius 1 is 1.44 bits per heavy atom. The van der Waals surface area contributed by atoms with Gasteiger partial charge in [-0.3, -0.25) is 0 Å². The molecule has 0 amide bonds. The highest BCUT2D eigenvalue weighted by atomic mass is 35.5. The number of ether oxygens (including phenoxy) is 2. The van der Waals surface area contributed by atoms with Gasteiger partial charge in [-0.05, 0) is 18.2 Å². The van der Waals surface area contributed by atoms with Crippen LogP contribution >= 0.6 is 11.6 Å². The normalized spacial score (nSPS) is 9.19. The third kappa shape index (κ3) is 3.63. The molecule has 0 unspecified atom stereocenters. The van der Waals surface area contributed by atoms with E-state index in [-0.39, 0.29) is 12.5 Å². The third-order valence-electron chi connectivity index (χ3n) is 1.81. The molecular weight excluding hydrogens is 231 g/mol. The Labute approximate surface area is 99.3 Å². The number of hydrogen-bond donors (Lipinski definition) is 0. The number of hydrogen-bond acceptors (Lipinski definition) is 2. The summed E-state index contributed by atoms with van der Waals surface area (Å²) in [6.07, 6.45) is 0. The van der Waals surface area contributed by atoms with Crippen molar-refractivity contribution < 1.29 is 13.9 Å². The standard InChI is InChI=1S/C12H12ClFO2/c1-15-11-4-5-12(16-8-7-14)10(9-11)3-2-6-13/h4-5,9H,6-8H2,1H3. The molecule has 0 saturated carbocycles. The average molecular weight is 243 g/mol. The number of alkyl halides is 2. The topological polar surface area (TPSA) is 18.5 Å². The SMILES string of the molecule is COc1ccc(OCCF)c(C#CCCl)c1. The Bertz CT molecular complexity index is 396. The first-order chi connectivity index (χ1) is 7.81. The second kappa shape index (κ2) is 6.97. The smallest absolute Gasteiger partial charge is 0.135 e. The molecule has 4 heteroatoms. The molecule has 0 bridgehead atoms. The predicted molar refractivity (Wildman–Crippen MR) is 62.1 cm³/mol. The van der Waals surface area contributed by atoms with Crippen molar-refractivity contribution in [1.29, 1.82) is 0 Å². The lowest BCUT2D eigenvalue weighted by Gasteiger charge is -2.07. The summed E-state index contributed by atoms with van der Waals surface area (Å²) in [4.78, 5) is 0. The van der Waals surface area contributed by atoms with Gasteiger partial charge in [-0.25, -0.2) is 4.39 Å². The molecule has 0 aliphatic rings. The maximum absolute atomic E-state index is 12.0. The van der Waals surface area contributed by atoms with E-state index in [1.54, 1.807) is 25.3 Å². The van der Waals surface area contributed by atoms with Crippen molar-refractivity contribution in [1.82, 2.24) is 0 Å². The third-order valence-corrected chi connectivity index (χ3v) is 1.94. The van der Waals surface area contributed by atoms with Gasteiger partial charge in [0.2, 0.25) is 0 Å². The van der Waals surface area contributed by atoms with Crippen molar-refractivity contribution in [2.24, 2.45) is 0 Å². The first-order valence-corrected chi connectivity index (χ1v) is 5.27. The van der Waals surface area contributed by atoms with Crippen molar-refractivity contribution in [3.63, 3.8) is 0 Å². The van der Waals surface area contributed by atoms with E-state index in [0.29, 0.717) is 17.1 Å². The van der Waals surface area contributed by atoms with E-state index >= 15 is 0 Å². The summed E-state index contributed by atoms with van der Waals surface area (Å²) < 4.78 is 22.3. The summed E-state index contributed by atoms with van der Waals surface area (Å²) in [7, 11) is 1.57. The fourth-order valence-electron chi connectivity index (χ4n) is 1.14. The molecule has 1 aromatic rings. The zero-order valence-electron chi connectivity index (χ0n) is 8.93. The highest BCUT2D eigenvalue weighted by molar-refractivity contribution is 6.19. The summed E-state index contributed by atoms with van der Waals surface area (Å²) in [5, 5.41) is 0. The van der Waals surface area contributed by atoms with Gasteiger partial charge in [0.25, 0.3) is 0 Å². The van der Waals surface area contributed by atoms with E-state index in [9.17, 15) is 4.39 Å². The fraction of sp³-hybridized carbons (Fsp3) is 0.333. The first-order valence-electron chi connectivity index (χ1n) is 4.73. The maximum atomic E-state index is 12.0.